The van der Waals surface area contributed by atoms with Gasteiger partial charge in [-0.15, -0.1) is 43.8 Å². The minimum atomic E-state index is -0.873. The molecule has 296 valence electrons. The SMILES string of the molecule is CC(C)(Sc1cc(C(C)(C)C)c(OC(=O)CCCO[N+](=O)[O-])c(C(C)(C)C)c1)Sc1cc(C(C)(C)C)c(OC(=O)CCCO[N+](=O)[O-])c(C(C)(C)C)c1. The van der Waals surface area contributed by atoms with Crippen molar-refractivity contribution < 1.29 is 38.9 Å². The maximum absolute atomic E-state index is 13.0. The number of hydrogen-bond acceptors (Lipinski definition) is 12. The lowest BCUT2D eigenvalue weighted by Crippen LogP contribution is -2.23. The van der Waals surface area contributed by atoms with Crippen molar-refractivity contribution in [2.45, 2.75) is 158 Å². The van der Waals surface area contributed by atoms with E-state index in [9.17, 15) is 29.8 Å². The standard InChI is InChI=1S/C39H58N2O10S2/c1-35(2,3)27-21-25(22-28(36(4,5)6)33(27)50-31(42)17-15-19-48-40(44)45)52-39(13,14)53-26-23-29(37(7,8)9)34(30(24-26)38(10,11)12)51-32(43)18-16-20-49-41(46)47/h21-24H,15-20H2,1-14H3. The van der Waals surface area contributed by atoms with Gasteiger partial charge in [0.1, 0.15) is 11.5 Å². The number of nitrogens with zero attached hydrogens (tertiary/aromatic N) is 2. The third-order valence-electron chi connectivity index (χ3n) is 7.96. The number of rotatable bonds is 16. The quantitative estimate of drug-likeness (QED) is 0.0302. The molecular weight excluding hydrogens is 721 g/mol. The molecule has 0 aliphatic heterocycles. The number of benzene rings is 2. The van der Waals surface area contributed by atoms with E-state index in [1.165, 1.54) is 0 Å². The molecule has 0 atom stereocenters. The van der Waals surface area contributed by atoms with Gasteiger partial charge in [-0.1, -0.05) is 83.1 Å². The molecule has 0 bridgehead atoms. The number of ether oxygens (including phenoxy) is 2. The maximum atomic E-state index is 13.0. The number of carbonyl (C=O) groups excluding carboxylic acids is 2. The highest BCUT2D eigenvalue weighted by Crippen LogP contribution is 2.51. The summed E-state index contributed by atoms with van der Waals surface area (Å²) in [6.07, 6.45) is 0.275. The van der Waals surface area contributed by atoms with Gasteiger partial charge in [-0.05, 0) is 72.6 Å². The molecule has 53 heavy (non-hydrogen) atoms. The van der Waals surface area contributed by atoms with E-state index in [-0.39, 0.29) is 64.6 Å². The zero-order valence-corrected chi connectivity index (χ0v) is 35.5. The predicted octanol–water partition coefficient (Wildman–Crippen LogP) is 10.3. The van der Waals surface area contributed by atoms with E-state index in [0.29, 0.717) is 11.5 Å². The van der Waals surface area contributed by atoms with Crippen LogP contribution in [0.2, 0.25) is 0 Å². The van der Waals surface area contributed by atoms with E-state index in [4.69, 9.17) is 9.47 Å². The van der Waals surface area contributed by atoms with Gasteiger partial charge in [0.05, 0.1) is 17.3 Å². The van der Waals surface area contributed by atoms with Gasteiger partial charge in [0.2, 0.25) is 0 Å². The van der Waals surface area contributed by atoms with Crippen LogP contribution in [-0.4, -0.2) is 39.4 Å². The third-order valence-corrected chi connectivity index (χ3v) is 10.4. The number of carbonyl (C=O) groups is 2. The second-order valence-corrected chi connectivity index (χ2v) is 21.2. The average Bonchev–Trinajstić information content (AvgIpc) is 2.96. The molecule has 2 aromatic rings. The lowest BCUT2D eigenvalue weighted by atomic mass is 9.79. The smallest absolute Gasteiger partial charge is 0.311 e. The summed E-state index contributed by atoms with van der Waals surface area (Å²) >= 11 is 3.40. The van der Waals surface area contributed by atoms with Crippen molar-refractivity contribution in [3.05, 3.63) is 66.7 Å². The molecule has 0 saturated heterocycles. The van der Waals surface area contributed by atoms with Crippen LogP contribution < -0.4 is 9.47 Å². The molecule has 0 spiro atoms. The average molecular weight is 779 g/mol. The highest BCUT2D eigenvalue weighted by atomic mass is 32.2. The first-order valence-electron chi connectivity index (χ1n) is 17.7. The van der Waals surface area contributed by atoms with Crippen molar-refractivity contribution in [1.82, 2.24) is 0 Å². The molecular formula is C39H58N2O10S2. The van der Waals surface area contributed by atoms with Crippen molar-refractivity contribution in [3.8, 4) is 11.5 Å². The fourth-order valence-electron chi connectivity index (χ4n) is 5.40. The summed E-state index contributed by atoms with van der Waals surface area (Å²) in [6.45, 7) is 28.8. The van der Waals surface area contributed by atoms with Gasteiger partial charge in [-0.25, -0.2) is 0 Å². The van der Waals surface area contributed by atoms with Crippen LogP contribution in [-0.2, 0) is 40.9 Å². The molecule has 0 fully saturated rings. The van der Waals surface area contributed by atoms with Gasteiger partial charge in [0, 0.05) is 44.9 Å². The fourth-order valence-corrected chi connectivity index (χ4v) is 7.99. The lowest BCUT2D eigenvalue weighted by molar-refractivity contribution is -0.757. The largest absolute Gasteiger partial charge is 0.426 e. The molecule has 0 heterocycles. The Bertz CT molecular complexity index is 1460. The molecule has 0 aromatic heterocycles. The van der Waals surface area contributed by atoms with E-state index in [1.807, 2.05) is 0 Å². The Kier molecular flexibility index (Phi) is 15.3. The molecule has 12 nitrogen and oxygen atoms in total. The van der Waals surface area contributed by atoms with Crippen LogP contribution in [0.15, 0.2) is 34.1 Å². The highest BCUT2D eigenvalue weighted by molar-refractivity contribution is 8.18. The summed E-state index contributed by atoms with van der Waals surface area (Å²) in [4.78, 5) is 57.7. The summed E-state index contributed by atoms with van der Waals surface area (Å²) in [5.74, 6) is 0.0678. The molecule has 14 heteroatoms. The van der Waals surface area contributed by atoms with E-state index < -0.39 is 22.1 Å². The normalized spacial score (nSPS) is 12.6. The molecule has 0 amide bonds. The van der Waals surface area contributed by atoms with Crippen LogP contribution in [0, 0.1) is 20.2 Å². The fraction of sp³-hybridized carbons (Fsp3) is 0.641. The molecule has 2 aromatic carbocycles. The monoisotopic (exact) mass is 778 g/mol. The van der Waals surface area contributed by atoms with Crippen molar-refractivity contribution >= 4 is 35.5 Å². The van der Waals surface area contributed by atoms with Gasteiger partial charge in [-0.2, -0.15) is 0 Å². The minimum Gasteiger partial charge on any atom is -0.426 e. The van der Waals surface area contributed by atoms with Crippen molar-refractivity contribution in [2.24, 2.45) is 0 Å². The van der Waals surface area contributed by atoms with Gasteiger partial charge < -0.3 is 19.1 Å². The van der Waals surface area contributed by atoms with Crippen molar-refractivity contribution in [2.75, 3.05) is 13.2 Å². The first-order chi connectivity index (χ1) is 24.0. The number of thioether (sulfide) groups is 2. The van der Waals surface area contributed by atoms with Crippen LogP contribution in [0.25, 0.3) is 0 Å². The second-order valence-electron chi connectivity index (χ2n) is 17.6. The molecule has 0 aliphatic rings. The van der Waals surface area contributed by atoms with Gasteiger partial charge >= 0.3 is 11.9 Å². The Balaban J connectivity index is 2.56. The Hall–Kier alpha value is -3.52. The summed E-state index contributed by atoms with van der Waals surface area (Å²) in [6, 6.07) is 8.34. The highest BCUT2D eigenvalue weighted by Gasteiger charge is 2.33. The Morgan fingerprint density at radius 1 is 0.547 bits per heavy atom. The minimum absolute atomic E-state index is 0.0226. The summed E-state index contributed by atoms with van der Waals surface area (Å²) in [7, 11) is 0. The molecule has 0 saturated carbocycles. The van der Waals surface area contributed by atoms with E-state index in [2.05, 4.69) is 131 Å². The number of esters is 2. The second kappa shape index (κ2) is 17.7. The molecule has 0 aliphatic carbocycles. The Morgan fingerprint density at radius 2 is 0.811 bits per heavy atom. The summed E-state index contributed by atoms with van der Waals surface area (Å²) in [5.41, 5.74) is 1.99. The van der Waals surface area contributed by atoms with Crippen LogP contribution in [0.3, 0.4) is 0 Å². The summed E-state index contributed by atoms with van der Waals surface area (Å²) < 4.78 is 11.7. The Morgan fingerprint density at radius 3 is 1.04 bits per heavy atom. The van der Waals surface area contributed by atoms with Gasteiger partial charge in [0.25, 0.3) is 10.2 Å². The van der Waals surface area contributed by atoms with Crippen molar-refractivity contribution in [3.63, 3.8) is 0 Å². The van der Waals surface area contributed by atoms with Crippen LogP contribution in [0.5, 0.6) is 11.5 Å². The van der Waals surface area contributed by atoms with E-state index >= 15 is 0 Å². The predicted molar refractivity (Wildman–Crippen MR) is 209 cm³/mol. The molecule has 0 unspecified atom stereocenters. The molecule has 0 N–H and O–H groups in total. The number of hydrogen-bond donors (Lipinski definition) is 0. The van der Waals surface area contributed by atoms with Gasteiger partial charge in [0.15, 0.2) is 0 Å². The zero-order valence-electron chi connectivity index (χ0n) is 33.8. The molecule has 0 radical (unpaired) electrons. The lowest BCUT2D eigenvalue weighted by Gasteiger charge is -2.33. The Labute approximate surface area is 323 Å². The van der Waals surface area contributed by atoms with Crippen LogP contribution in [0.4, 0.5) is 0 Å². The van der Waals surface area contributed by atoms with Crippen molar-refractivity contribution in [1.29, 1.82) is 0 Å². The van der Waals surface area contributed by atoms with Crippen LogP contribution >= 0.6 is 23.5 Å². The first-order valence-corrected chi connectivity index (χ1v) is 19.4. The van der Waals surface area contributed by atoms with Gasteiger partial charge in [-0.3, -0.25) is 9.59 Å². The first kappa shape index (κ1) is 45.6. The maximum Gasteiger partial charge on any atom is 0.311 e. The topological polar surface area (TPSA) is 157 Å². The third kappa shape index (κ3) is 14.7. The molecule has 2 rings (SSSR count). The van der Waals surface area contributed by atoms with Crippen LogP contribution in [0.1, 0.15) is 145 Å². The summed E-state index contributed by atoms with van der Waals surface area (Å²) in [5, 5.41) is 19.3. The van der Waals surface area contributed by atoms with E-state index in [1.54, 1.807) is 23.5 Å². The van der Waals surface area contributed by atoms with E-state index in [0.717, 1.165) is 32.0 Å². The zero-order chi connectivity index (χ0) is 40.7.